The van der Waals surface area contributed by atoms with Crippen LogP contribution in [0.2, 0.25) is 0 Å². The van der Waals surface area contributed by atoms with Crippen LogP contribution in [0.1, 0.15) is 52.2 Å². The van der Waals surface area contributed by atoms with Crippen molar-refractivity contribution in [3.8, 4) is 0 Å². The first-order valence-electron chi connectivity index (χ1n) is 6.13. The van der Waals surface area contributed by atoms with E-state index in [1.165, 1.54) is 29.5 Å². The largest absolute Gasteiger partial charge is 0.0807 e. The summed E-state index contributed by atoms with van der Waals surface area (Å²) in [5.74, 6) is 0. The fourth-order valence-electron chi connectivity index (χ4n) is 1.68. The summed E-state index contributed by atoms with van der Waals surface area (Å²) in [5.41, 5.74) is 4.39. The smallest absolute Gasteiger partial charge is 0.0198 e. The number of hydrogen-bond donors (Lipinski definition) is 0. The number of aryl methyl sites for hydroxylation is 1. The number of benzene rings is 1. The lowest BCUT2D eigenvalue weighted by Gasteiger charge is -2.13. The zero-order valence-electron chi connectivity index (χ0n) is 10.8. The second-order valence-corrected chi connectivity index (χ2v) is 3.08. The normalized spacial score (nSPS) is 12.2. The Hall–Kier alpha value is -1.04. The van der Waals surface area contributed by atoms with Gasteiger partial charge in [0.1, 0.15) is 0 Å². The molecule has 15 heavy (non-hydrogen) atoms. The number of fused-ring (bicyclic) bond motifs is 1. The van der Waals surface area contributed by atoms with E-state index in [-0.39, 0.29) is 0 Å². The van der Waals surface area contributed by atoms with Crippen LogP contribution >= 0.6 is 0 Å². The molecule has 1 aromatic carbocycles. The number of allylic oxidation sites excluding steroid dienone is 2. The van der Waals surface area contributed by atoms with Crippen molar-refractivity contribution in [1.29, 1.82) is 0 Å². The summed E-state index contributed by atoms with van der Waals surface area (Å²) in [6, 6.07) is 8.67. The van der Waals surface area contributed by atoms with Crippen molar-refractivity contribution < 1.29 is 0 Å². The van der Waals surface area contributed by atoms with Crippen molar-refractivity contribution in [3.05, 3.63) is 41.5 Å². The van der Waals surface area contributed by atoms with Crippen LogP contribution in [0.3, 0.4) is 0 Å². The summed E-state index contributed by atoms with van der Waals surface area (Å²) in [5, 5.41) is 0. The third kappa shape index (κ3) is 3.91. The van der Waals surface area contributed by atoms with Gasteiger partial charge in [0.25, 0.3) is 0 Å². The second kappa shape index (κ2) is 8.28. The van der Waals surface area contributed by atoms with E-state index in [1.807, 2.05) is 27.7 Å². The summed E-state index contributed by atoms with van der Waals surface area (Å²) < 4.78 is 0. The molecule has 0 aliphatic heterocycles. The lowest BCUT2D eigenvalue weighted by atomic mass is 9.92. The van der Waals surface area contributed by atoms with Crippen molar-refractivity contribution in [2.75, 3.05) is 0 Å². The van der Waals surface area contributed by atoms with Gasteiger partial charge in [-0.15, -0.1) is 0 Å². The first-order chi connectivity index (χ1) is 7.38. The predicted octanol–water partition coefficient (Wildman–Crippen LogP) is 5.09. The number of hydrogen-bond acceptors (Lipinski definition) is 0. The Kier molecular flexibility index (Phi) is 7.71. The minimum atomic E-state index is 1.21. The maximum absolute atomic E-state index is 2.32. The van der Waals surface area contributed by atoms with E-state index in [1.54, 1.807) is 0 Å². The van der Waals surface area contributed by atoms with Crippen LogP contribution in [0.4, 0.5) is 0 Å². The molecule has 0 nitrogen and oxygen atoms in total. The Balaban J connectivity index is 0.000000442. The second-order valence-electron chi connectivity index (χ2n) is 3.08. The van der Waals surface area contributed by atoms with Gasteiger partial charge in [0, 0.05) is 0 Å². The molecule has 0 heterocycles. The topological polar surface area (TPSA) is 0 Å². The predicted molar refractivity (Wildman–Crippen MR) is 71.1 cm³/mol. The van der Waals surface area contributed by atoms with Crippen molar-refractivity contribution in [2.24, 2.45) is 0 Å². The first kappa shape index (κ1) is 14.0. The molecule has 2 rings (SSSR count). The Bertz CT molecular complexity index is 295. The van der Waals surface area contributed by atoms with Crippen LogP contribution in [0, 0.1) is 0 Å². The molecule has 1 aliphatic rings. The Labute approximate surface area is 95.0 Å². The van der Waals surface area contributed by atoms with Gasteiger partial charge in [-0.05, 0) is 36.5 Å². The van der Waals surface area contributed by atoms with Crippen LogP contribution < -0.4 is 0 Å². The van der Waals surface area contributed by atoms with Crippen molar-refractivity contribution in [1.82, 2.24) is 0 Å². The van der Waals surface area contributed by atoms with Gasteiger partial charge in [0.05, 0.1) is 0 Å². The maximum atomic E-state index is 2.32. The molecule has 0 unspecified atom stereocenters. The Morgan fingerprint density at radius 1 is 0.933 bits per heavy atom. The first-order valence-corrected chi connectivity index (χ1v) is 6.13. The standard InChI is InChI=1S/C11H12.2C2H6/c1-9-5-4-7-10-6-2-3-8-11(9)10;2*1-2/h2-3,5-6,8H,4,7H2,1H3;2*1-2H3. The molecule has 0 saturated heterocycles. The van der Waals surface area contributed by atoms with Gasteiger partial charge < -0.3 is 0 Å². The van der Waals surface area contributed by atoms with Gasteiger partial charge in [0.15, 0.2) is 0 Å². The molecule has 0 saturated carbocycles. The number of rotatable bonds is 0. The molecule has 0 heteroatoms. The quantitative estimate of drug-likeness (QED) is 0.552. The molecule has 0 aromatic heterocycles. The SMILES string of the molecule is CC.CC.CC1=CCCc2ccccc21. The minimum absolute atomic E-state index is 1.21. The van der Waals surface area contributed by atoms with Crippen molar-refractivity contribution in [3.63, 3.8) is 0 Å². The summed E-state index contributed by atoms with van der Waals surface area (Å²) in [4.78, 5) is 0. The van der Waals surface area contributed by atoms with Gasteiger partial charge in [-0.1, -0.05) is 58.0 Å². The van der Waals surface area contributed by atoms with E-state index >= 15 is 0 Å². The third-order valence-electron chi connectivity index (χ3n) is 2.31. The van der Waals surface area contributed by atoms with Gasteiger partial charge in [-0.3, -0.25) is 0 Å². The Morgan fingerprint density at radius 3 is 2.13 bits per heavy atom. The molecule has 0 N–H and O–H groups in total. The highest BCUT2D eigenvalue weighted by Crippen LogP contribution is 2.24. The molecule has 84 valence electrons. The summed E-state index contributed by atoms with van der Waals surface area (Å²) in [7, 11) is 0. The zero-order chi connectivity index (χ0) is 11.7. The third-order valence-corrected chi connectivity index (χ3v) is 2.31. The van der Waals surface area contributed by atoms with Crippen LogP contribution in [-0.4, -0.2) is 0 Å². The van der Waals surface area contributed by atoms with Gasteiger partial charge in [0.2, 0.25) is 0 Å². The van der Waals surface area contributed by atoms with E-state index in [0.29, 0.717) is 0 Å². The van der Waals surface area contributed by atoms with E-state index in [0.717, 1.165) is 0 Å². The highest BCUT2D eigenvalue weighted by atomic mass is 14.1. The highest BCUT2D eigenvalue weighted by Gasteiger charge is 2.06. The molecule has 0 fully saturated rings. The van der Waals surface area contributed by atoms with Crippen LogP contribution in [0.5, 0.6) is 0 Å². The average molecular weight is 204 g/mol. The molecular weight excluding hydrogens is 180 g/mol. The van der Waals surface area contributed by atoms with Gasteiger partial charge >= 0.3 is 0 Å². The summed E-state index contributed by atoms with van der Waals surface area (Å²) in [6.07, 6.45) is 4.75. The maximum Gasteiger partial charge on any atom is -0.0198 e. The molecule has 0 spiro atoms. The summed E-state index contributed by atoms with van der Waals surface area (Å²) in [6.45, 7) is 10.2. The van der Waals surface area contributed by atoms with Gasteiger partial charge in [-0.2, -0.15) is 0 Å². The highest BCUT2D eigenvalue weighted by molar-refractivity contribution is 5.68. The fourth-order valence-corrected chi connectivity index (χ4v) is 1.68. The minimum Gasteiger partial charge on any atom is -0.0807 e. The molecule has 1 aliphatic carbocycles. The lowest BCUT2D eigenvalue weighted by molar-refractivity contribution is 0.975. The molecular formula is C15H24. The van der Waals surface area contributed by atoms with E-state index in [9.17, 15) is 0 Å². The van der Waals surface area contributed by atoms with E-state index in [4.69, 9.17) is 0 Å². The molecule has 1 aromatic rings. The molecule has 0 radical (unpaired) electrons. The lowest BCUT2D eigenvalue weighted by Crippen LogP contribution is -1.96. The zero-order valence-corrected chi connectivity index (χ0v) is 10.8. The van der Waals surface area contributed by atoms with Crippen molar-refractivity contribution in [2.45, 2.75) is 47.5 Å². The monoisotopic (exact) mass is 204 g/mol. The van der Waals surface area contributed by atoms with E-state index in [2.05, 4.69) is 37.3 Å². The van der Waals surface area contributed by atoms with Crippen LogP contribution in [0.25, 0.3) is 5.57 Å². The van der Waals surface area contributed by atoms with Gasteiger partial charge in [-0.25, -0.2) is 0 Å². The van der Waals surface area contributed by atoms with Crippen molar-refractivity contribution >= 4 is 5.57 Å². The molecule has 0 atom stereocenters. The molecule has 0 bridgehead atoms. The van der Waals surface area contributed by atoms with E-state index < -0.39 is 0 Å². The average Bonchev–Trinajstić information content (AvgIpc) is 2.35. The van der Waals surface area contributed by atoms with Crippen LogP contribution in [-0.2, 0) is 6.42 Å². The fraction of sp³-hybridized carbons (Fsp3) is 0.467. The summed E-state index contributed by atoms with van der Waals surface area (Å²) >= 11 is 0. The molecule has 0 amide bonds. The Morgan fingerprint density at radius 2 is 1.53 bits per heavy atom. The van der Waals surface area contributed by atoms with Crippen LogP contribution in [0.15, 0.2) is 30.3 Å².